The number of methoxy groups -OCH3 is 2. The van der Waals surface area contributed by atoms with Crippen LogP contribution in [0.1, 0.15) is 43.5 Å². The van der Waals surface area contributed by atoms with Crippen molar-refractivity contribution in [3.05, 3.63) is 83.2 Å². The lowest BCUT2D eigenvalue weighted by atomic mass is 9.91. The van der Waals surface area contributed by atoms with Gasteiger partial charge in [0.1, 0.15) is 12.2 Å². The van der Waals surface area contributed by atoms with Gasteiger partial charge in [0, 0.05) is 19.8 Å². The molecule has 0 bridgehead atoms. The van der Waals surface area contributed by atoms with Crippen molar-refractivity contribution < 1.29 is 28.5 Å². The zero-order chi connectivity index (χ0) is 28.9. The van der Waals surface area contributed by atoms with Crippen molar-refractivity contribution >= 4 is 12.1 Å². The van der Waals surface area contributed by atoms with E-state index in [1.54, 1.807) is 30.2 Å². The molecule has 0 saturated carbocycles. The van der Waals surface area contributed by atoms with Crippen LogP contribution in [-0.2, 0) is 27.3 Å². The van der Waals surface area contributed by atoms with Gasteiger partial charge in [-0.05, 0) is 62.1 Å². The Hall–Kier alpha value is -4.18. The summed E-state index contributed by atoms with van der Waals surface area (Å²) in [4.78, 5) is 28.7. The second-order valence-electron chi connectivity index (χ2n) is 10.6. The molecule has 0 aliphatic carbocycles. The van der Waals surface area contributed by atoms with E-state index in [1.807, 2.05) is 75.4 Å². The zero-order valence-electron chi connectivity index (χ0n) is 23.9. The smallest absolute Gasteiger partial charge is 0.411 e. The standard InChI is InChI=1S/C30H38N4O6/c1-30(2,3)40-29(36)34-15-14-21-16-26(39-19-20-10-8-7-9-11-20)25(37-5)17-23(21)24(34)13-12-22-18-33(4)27(32-31-22)28(35)38-6/h7-13,16-18,24,27,31-32H,14-15,19H2,1-6H3/b13-12+. The summed E-state index contributed by atoms with van der Waals surface area (Å²) in [7, 11) is 4.72. The second-order valence-corrected chi connectivity index (χ2v) is 10.6. The van der Waals surface area contributed by atoms with Gasteiger partial charge in [-0.15, -0.1) is 0 Å². The number of carbonyl (C=O) groups excluding carboxylic acids is 2. The number of ether oxygens (including phenoxy) is 4. The van der Waals surface area contributed by atoms with E-state index in [9.17, 15) is 9.59 Å². The molecular weight excluding hydrogens is 512 g/mol. The zero-order valence-corrected chi connectivity index (χ0v) is 23.9. The Morgan fingerprint density at radius 1 is 1.10 bits per heavy atom. The van der Waals surface area contributed by atoms with Crippen molar-refractivity contribution in [2.45, 2.75) is 51.6 Å². The lowest BCUT2D eigenvalue weighted by molar-refractivity contribution is -0.147. The molecule has 0 aromatic heterocycles. The molecule has 2 aliphatic rings. The lowest BCUT2D eigenvalue weighted by Crippen LogP contribution is -2.56. The number of hydrogen-bond acceptors (Lipinski definition) is 9. The molecule has 2 N–H and O–H groups in total. The Labute approximate surface area is 235 Å². The molecule has 2 aliphatic heterocycles. The molecule has 10 heteroatoms. The fraction of sp³-hybridized carbons (Fsp3) is 0.400. The molecule has 4 rings (SSSR count). The number of nitrogens with zero attached hydrogens (tertiary/aromatic N) is 2. The number of hydrogen-bond donors (Lipinski definition) is 2. The van der Waals surface area contributed by atoms with Crippen LogP contribution >= 0.6 is 0 Å². The maximum atomic E-state index is 13.3. The molecule has 10 nitrogen and oxygen atoms in total. The molecule has 2 atom stereocenters. The third-order valence-electron chi connectivity index (χ3n) is 6.55. The normalized spacial score (nSPS) is 18.9. The van der Waals surface area contributed by atoms with E-state index in [0.29, 0.717) is 36.8 Å². The molecule has 40 heavy (non-hydrogen) atoms. The van der Waals surface area contributed by atoms with Crippen molar-refractivity contribution in [3.63, 3.8) is 0 Å². The van der Waals surface area contributed by atoms with Crippen LogP contribution in [0, 0.1) is 0 Å². The molecule has 2 aromatic rings. The molecule has 2 heterocycles. The van der Waals surface area contributed by atoms with E-state index in [4.69, 9.17) is 18.9 Å². The first-order valence-electron chi connectivity index (χ1n) is 13.2. The van der Waals surface area contributed by atoms with Crippen LogP contribution < -0.4 is 20.3 Å². The van der Waals surface area contributed by atoms with Gasteiger partial charge in [0.15, 0.2) is 17.7 Å². The number of nitrogens with one attached hydrogen (secondary N) is 2. The third-order valence-corrected chi connectivity index (χ3v) is 6.55. The number of fused-ring (bicyclic) bond motifs is 1. The van der Waals surface area contributed by atoms with Gasteiger partial charge in [0.25, 0.3) is 0 Å². The maximum Gasteiger partial charge on any atom is 0.411 e. The van der Waals surface area contributed by atoms with Gasteiger partial charge in [0.2, 0.25) is 0 Å². The second kappa shape index (κ2) is 12.3. The Kier molecular flexibility index (Phi) is 8.89. The first-order valence-corrected chi connectivity index (χ1v) is 13.2. The molecule has 0 spiro atoms. The Balaban J connectivity index is 1.65. The summed E-state index contributed by atoms with van der Waals surface area (Å²) in [6, 6.07) is 13.4. The van der Waals surface area contributed by atoms with E-state index in [-0.39, 0.29) is 0 Å². The topological polar surface area (TPSA) is 102 Å². The van der Waals surface area contributed by atoms with Crippen LogP contribution in [0.25, 0.3) is 0 Å². The molecule has 2 unspecified atom stereocenters. The van der Waals surface area contributed by atoms with Gasteiger partial charge >= 0.3 is 12.1 Å². The highest BCUT2D eigenvalue weighted by Crippen LogP contribution is 2.40. The van der Waals surface area contributed by atoms with Crippen LogP contribution in [-0.4, -0.2) is 61.4 Å². The quantitative estimate of drug-likeness (QED) is 0.495. The number of hydrazine groups is 1. The first kappa shape index (κ1) is 28.8. The Morgan fingerprint density at radius 2 is 1.85 bits per heavy atom. The third kappa shape index (κ3) is 6.87. The minimum Gasteiger partial charge on any atom is -0.493 e. The molecule has 0 radical (unpaired) electrons. The van der Waals surface area contributed by atoms with Crippen LogP contribution in [0.2, 0.25) is 0 Å². The molecule has 2 aromatic carbocycles. The lowest BCUT2D eigenvalue weighted by Gasteiger charge is -2.37. The number of carbonyl (C=O) groups is 2. The highest BCUT2D eigenvalue weighted by atomic mass is 16.6. The van der Waals surface area contributed by atoms with Crippen molar-refractivity contribution in [2.24, 2.45) is 0 Å². The highest BCUT2D eigenvalue weighted by molar-refractivity contribution is 5.75. The predicted molar refractivity (Wildman–Crippen MR) is 150 cm³/mol. The van der Waals surface area contributed by atoms with Gasteiger partial charge in [0.05, 0.1) is 26.0 Å². The molecule has 1 amide bonds. The Bertz CT molecular complexity index is 1270. The van der Waals surface area contributed by atoms with Crippen molar-refractivity contribution in [1.82, 2.24) is 20.7 Å². The average molecular weight is 551 g/mol. The van der Waals surface area contributed by atoms with Gasteiger partial charge in [-0.1, -0.05) is 36.4 Å². The van der Waals surface area contributed by atoms with E-state index >= 15 is 0 Å². The minimum absolute atomic E-state index is 0.400. The largest absolute Gasteiger partial charge is 0.493 e. The molecular formula is C30H38N4O6. The fourth-order valence-corrected chi connectivity index (χ4v) is 4.59. The average Bonchev–Trinajstić information content (AvgIpc) is 2.93. The number of benzene rings is 2. The van der Waals surface area contributed by atoms with Crippen molar-refractivity contribution in [1.29, 1.82) is 0 Å². The summed E-state index contributed by atoms with van der Waals surface area (Å²) in [5, 5.41) is 0. The van der Waals surface area contributed by atoms with Gasteiger partial charge in [-0.3, -0.25) is 4.90 Å². The number of rotatable bonds is 7. The van der Waals surface area contributed by atoms with E-state index in [0.717, 1.165) is 16.7 Å². The van der Waals surface area contributed by atoms with Crippen LogP contribution in [0.5, 0.6) is 11.5 Å². The van der Waals surface area contributed by atoms with Crippen LogP contribution in [0.15, 0.2) is 66.5 Å². The number of esters is 1. The van der Waals surface area contributed by atoms with Crippen molar-refractivity contribution in [3.8, 4) is 11.5 Å². The molecule has 214 valence electrons. The summed E-state index contributed by atoms with van der Waals surface area (Å²) in [5.74, 6) is 0.815. The Morgan fingerprint density at radius 3 is 2.50 bits per heavy atom. The summed E-state index contributed by atoms with van der Waals surface area (Å²) in [6.45, 7) is 6.43. The van der Waals surface area contributed by atoms with Gasteiger partial charge in [-0.2, -0.15) is 0 Å². The van der Waals surface area contributed by atoms with Crippen molar-refractivity contribution in [2.75, 3.05) is 27.8 Å². The first-order chi connectivity index (χ1) is 19.1. The SMILES string of the molecule is COC(=O)C1NNC(/C=C/C2c3cc(OC)c(OCc4ccccc4)cc3CCN2C(=O)OC(C)(C)C)=CN1C. The number of allylic oxidation sites excluding steroid dienone is 1. The van der Waals surface area contributed by atoms with Gasteiger partial charge < -0.3 is 29.3 Å². The van der Waals surface area contributed by atoms with Crippen LogP contribution in [0.3, 0.4) is 0 Å². The maximum absolute atomic E-state index is 13.3. The summed E-state index contributed by atoms with van der Waals surface area (Å²) in [6.07, 6.45) is 5.16. The number of amides is 1. The van der Waals surface area contributed by atoms with E-state index in [2.05, 4.69) is 10.9 Å². The minimum atomic E-state index is -0.658. The van der Waals surface area contributed by atoms with E-state index < -0.39 is 29.9 Å². The van der Waals surface area contributed by atoms with Crippen LogP contribution in [0.4, 0.5) is 4.79 Å². The fourth-order valence-electron chi connectivity index (χ4n) is 4.59. The summed E-state index contributed by atoms with van der Waals surface area (Å²) < 4.78 is 22.4. The monoisotopic (exact) mass is 550 g/mol. The summed E-state index contributed by atoms with van der Waals surface area (Å²) >= 11 is 0. The highest BCUT2D eigenvalue weighted by Gasteiger charge is 2.34. The summed E-state index contributed by atoms with van der Waals surface area (Å²) in [5.41, 5.74) is 9.06. The number of likely N-dealkylation sites (N-methyl/N-ethyl adjacent to an activating group) is 1. The molecule has 0 fully saturated rings. The van der Waals surface area contributed by atoms with Gasteiger partial charge in [-0.25, -0.2) is 15.0 Å². The van der Waals surface area contributed by atoms with E-state index in [1.165, 1.54) is 7.11 Å². The predicted octanol–water partition coefficient (Wildman–Crippen LogP) is 4.04. The molecule has 0 saturated heterocycles.